The fourth-order valence-corrected chi connectivity index (χ4v) is 3.08. The summed E-state index contributed by atoms with van der Waals surface area (Å²) in [7, 11) is 4.02. The topological polar surface area (TPSA) is 29.5 Å². The van der Waals surface area contributed by atoms with Crippen molar-refractivity contribution >= 4 is 17.6 Å². The lowest BCUT2D eigenvalue weighted by Gasteiger charge is -2.10. The van der Waals surface area contributed by atoms with Crippen LogP contribution in [0.15, 0.2) is 11.6 Å². The smallest absolute Gasteiger partial charge is 0.333 e. The molecule has 0 rings (SSSR count). The molecule has 0 spiro atoms. The van der Waals surface area contributed by atoms with Crippen molar-refractivity contribution in [1.82, 2.24) is 4.90 Å². The van der Waals surface area contributed by atoms with Crippen molar-refractivity contribution in [1.29, 1.82) is 0 Å². The van der Waals surface area contributed by atoms with E-state index in [1.165, 1.54) is 51.4 Å². The molecule has 0 bridgehead atoms. The molecule has 3 nitrogen and oxygen atoms in total. The molecule has 0 aromatic rings. The van der Waals surface area contributed by atoms with E-state index in [-0.39, 0.29) is 11.3 Å². The Morgan fingerprint density at radius 2 is 1.56 bits per heavy atom. The summed E-state index contributed by atoms with van der Waals surface area (Å²) in [5.41, 5.74) is 0.626. The van der Waals surface area contributed by atoms with Gasteiger partial charge in [0.1, 0.15) is 0 Å². The Morgan fingerprint density at radius 1 is 1.00 bits per heavy atom. The van der Waals surface area contributed by atoms with E-state index in [9.17, 15) is 4.79 Å². The first-order chi connectivity index (χ1) is 12.0. The zero-order valence-corrected chi connectivity index (χ0v) is 17.7. The maximum absolute atomic E-state index is 11.9. The zero-order valence-electron chi connectivity index (χ0n) is 17.0. The summed E-state index contributed by atoms with van der Waals surface area (Å²) in [6.07, 6.45) is 15.5. The third kappa shape index (κ3) is 16.7. The van der Waals surface area contributed by atoms with Gasteiger partial charge in [-0.2, -0.15) is 0 Å². The summed E-state index contributed by atoms with van der Waals surface area (Å²) >= 11 is 6.33. The molecule has 0 aliphatic carbocycles. The molecule has 0 heterocycles. The molecule has 0 aliphatic heterocycles. The number of hydrogen-bond donors (Lipinski definition) is 0. The van der Waals surface area contributed by atoms with E-state index in [1.54, 1.807) is 6.92 Å². The SMILES string of the molecule is CCCCCCCCCCCC(Cl)C=C(C)C(=O)OCCCN(C)C. The molecule has 0 aromatic heterocycles. The molecule has 0 aliphatic rings. The van der Waals surface area contributed by atoms with Crippen LogP contribution in [0.25, 0.3) is 0 Å². The first kappa shape index (κ1) is 24.5. The number of rotatable bonds is 16. The molecule has 148 valence electrons. The predicted molar refractivity (Wildman–Crippen MR) is 109 cm³/mol. The number of unbranched alkanes of at least 4 members (excludes halogenated alkanes) is 8. The number of esters is 1. The van der Waals surface area contributed by atoms with Crippen LogP contribution in [0.3, 0.4) is 0 Å². The number of ether oxygens (including phenoxy) is 1. The van der Waals surface area contributed by atoms with Crippen LogP contribution in [0.4, 0.5) is 0 Å². The summed E-state index contributed by atoms with van der Waals surface area (Å²) in [4.78, 5) is 14.0. The number of alkyl halides is 1. The van der Waals surface area contributed by atoms with Crippen LogP contribution in [0.2, 0.25) is 0 Å². The molecule has 25 heavy (non-hydrogen) atoms. The molecule has 0 radical (unpaired) electrons. The van der Waals surface area contributed by atoms with Crippen LogP contribution >= 0.6 is 11.6 Å². The normalized spacial score (nSPS) is 13.3. The third-order valence-corrected chi connectivity index (χ3v) is 4.66. The van der Waals surface area contributed by atoms with E-state index >= 15 is 0 Å². The molecule has 0 aromatic carbocycles. The van der Waals surface area contributed by atoms with Gasteiger partial charge in [-0.3, -0.25) is 0 Å². The lowest BCUT2D eigenvalue weighted by atomic mass is 10.1. The van der Waals surface area contributed by atoms with Gasteiger partial charge >= 0.3 is 5.97 Å². The Labute approximate surface area is 161 Å². The average molecular weight is 374 g/mol. The van der Waals surface area contributed by atoms with E-state index < -0.39 is 0 Å². The van der Waals surface area contributed by atoms with E-state index in [4.69, 9.17) is 16.3 Å². The summed E-state index contributed by atoms with van der Waals surface area (Å²) in [6, 6.07) is 0. The second-order valence-electron chi connectivity index (χ2n) is 7.28. The van der Waals surface area contributed by atoms with Gasteiger partial charge < -0.3 is 9.64 Å². The van der Waals surface area contributed by atoms with Crippen LogP contribution in [-0.2, 0) is 9.53 Å². The fraction of sp³-hybridized carbons (Fsp3) is 0.857. The maximum atomic E-state index is 11.9. The van der Waals surface area contributed by atoms with E-state index in [2.05, 4.69) is 11.8 Å². The molecular formula is C21H40ClNO2. The highest BCUT2D eigenvalue weighted by atomic mass is 35.5. The van der Waals surface area contributed by atoms with Gasteiger partial charge in [0.2, 0.25) is 0 Å². The van der Waals surface area contributed by atoms with Gasteiger partial charge in [0.25, 0.3) is 0 Å². The standard InChI is InChI=1S/C21H40ClNO2/c1-5-6-7-8-9-10-11-12-13-15-20(22)18-19(2)21(24)25-17-14-16-23(3)4/h18,20H,5-17H2,1-4H3. The summed E-state index contributed by atoms with van der Waals surface area (Å²) < 4.78 is 5.26. The van der Waals surface area contributed by atoms with E-state index in [0.29, 0.717) is 12.2 Å². The monoisotopic (exact) mass is 373 g/mol. The average Bonchev–Trinajstić information content (AvgIpc) is 2.56. The van der Waals surface area contributed by atoms with Crippen LogP contribution in [-0.4, -0.2) is 43.5 Å². The molecule has 0 N–H and O–H groups in total. The van der Waals surface area contributed by atoms with Gasteiger partial charge in [0.05, 0.1) is 12.0 Å². The Bertz CT molecular complexity index is 356. The molecule has 0 fully saturated rings. The molecule has 4 heteroatoms. The van der Waals surface area contributed by atoms with Crippen molar-refractivity contribution in [2.24, 2.45) is 0 Å². The van der Waals surface area contributed by atoms with Crippen molar-refractivity contribution in [2.75, 3.05) is 27.2 Å². The highest BCUT2D eigenvalue weighted by Gasteiger charge is 2.09. The Balaban J connectivity index is 3.68. The minimum atomic E-state index is -0.239. The number of hydrogen-bond acceptors (Lipinski definition) is 3. The molecule has 0 amide bonds. The number of allylic oxidation sites excluding steroid dienone is 1. The summed E-state index contributed by atoms with van der Waals surface area (Å²) in [6.45, 7) is 5.43. The number of nitrogens with zero attached hydrogens (tertiary/aromatic N) is 1. The predicted octanol–water partition coefficient (Wildman–Crippen LogP) is 5.96. The second kappa shape index (κ2) is 16.9. The highest BCUT2D eigenvalue weighted by Crippen LogP contribution is 2.15. The molecule has 0 saturated carbocycles. The number of carbonyl (C=O) groups is 1. The molecule has 1 unspecified atom stereocenters. The third-order valence-electron chi connectivity index (χ3n) is 4.32. The first-order valence-corrected chi connectivity index (χ1v) is 10.5. The Kier molecular flexibility index (Phi) is 16.5. The van der Waals surface area contributed by atoms with Gasteiger partial charge in [-0.15, -0.1) is 11.6 Å². The van der Waals surface area contributed by atoms with Gasteiger partial charge in [-0.1, -0.05) is 70.8 Å². The van der Waals surface area contributed by atoms with Crippen molar-refractivity contribution in [3.63, 3.8) is 0 Å². The molecular weight excluding hydrogens is 334 g/mol. The minimum Gasteiger partial charge on any atom is -0.462 e. The minimum absolute atomic E-state index is 0.0705. The fourth-order valence-electron chi connectivity index (χ4n) is 2.73. The van der Waals surface area contributed by atoms with Gasteiger partial charge in [0, 0.05) is 12.1 Å². The summed E-state index contributed by atoms with van der Waals surface area (Å²) in [5, 5.41) is -0.0705. The van der Waals surface area contributed by atoms with E-state index in [0.717, 1.165) is 25.8 Å². The number of carbonyl (C=O) groups excluding carboxylic acids is 1. The lowest BCUT2D eigenvalue weighted by Crippen LogP contribution is -2.16. The highest BCUT2D eigenvalue weighted by molar-refractivity contribution is 6.22. The van der Waals surface area contributed by atoms with Gasteiger partial charge in [-0.05, 0) is 33.9 Å². The van der Waals surface area contributed by atoms with Gasteiger partial charge in [0.15, 0.2) is 0 Å². The number of halogens is 1. The van der Waals surface area contributed by atoms with Crippen LogP contribution in [0.1, 0.15) is 84.5 Å². The first-order valence-electron chi connectivity index (χ1n) is 10.1. The van der Waals surface area contributed by atoms with Crippen LogP contribution in [0, 0.1) is 0 Å². The largest absolute Gasteiger partial charge is 0.462 e. The van der Waals surface area contributed by atoms with Crippen LogP contribution in [0.5, 0.6) is 0 Å². The Hall–Kier alpha value is -0.540. The van der Waals surface area contributed by atoms with Crippen molar-refractivity contribution in [3.05, 3.63) is 11.6 Å². The van der Waals surface area contributed by atoms with Crippen molar-refractivity contribution < 1.29 is 9.53 Å². The maximum Gasteiger partial charge on any atom is 0.333 e. The van der Waals surface area contributed by atoms with Crippen LogP contribution < -0.4 is 0 Å². The summed E-state index contributed by atoms with van der Waals surface area (Å²) in [5.74, 6) is -0.239. The van der Waals surface area contributed by atoms with Crippen molar-refractivity contribution in [3.8, 4) is 0 Å². The second-order valence-corrected chi connectivity index (χ2v) is 7.84. The van der Waals surface area contributed by atoms with E-state index in [1.807, 2.05) is 20.2 Å². The Morgan fingerprint density at radius 3 is 2.12 bits per heavy atom. The zero-order chi connectivity index (χ0) is 18.9. The molecule has 0 saturated heterocycles. The van der Waals surface area contributed by atoms with Crippen molar-refractivity contribution in [2.45, 2.75) is 89.9 Å². The lowest BCUT2D eigenvalue weighted by molar-refractivity contribution is -0.139. The quantitative estimate of drug-likeness (QED) is 0.145. The van der Waals surface area contributed by atoms with Gasteiger partial charge in [-0.25, -0.2) is 4.79 Å². The molecule has 1 atom stereocenters.